The smallest absolute Gasteiger partial charge is 0.293 e. The van der Waals surface area contributed by atoms with Crippen molar-refractivity contribution in [2.24, 2.45) is 0 Å². The van der Waals surface area contributed by atoms with E-state index in [0.717, 1.165) is 5.69 Å². The largest absolute Gasteiger partial charge is 0.390 e. The van der Waals surface area contributed by atoms with Crippen LogP contribution in [0.4, 0.5) is 5.95 Å². The molecule has 1 saturated carbocycles. The number of aliphatic hydroxyl groups is 1. The Balaban J connectivity index is 1.89. The van der Waals surface area contributed by atoms with Crippen LogP contribution in [0.1, 0.15) is 45.2 Å². The summed E-state index contributed by atoms with van der Waals surface area (Å²) in [5.74, 6) is 0.358. The lowest BCUT2D eigenvalue weighted by molar-refractivity contribution is -0.125. The number of nitrogens with zero attached hydrogens (tertiary/aromatic N) is 5. The van der Waals surface area contributed by atoms with Crippen molar-refractivity contribution >= 4 is 17.4 Å². The fourth-order valence-corrected chi connectivity index (χ4v) is 3.21. The highest BCUT2D eigenvalue weighted by molar-refractivity contribution is 5.76. The molecule has 9 heteroatoms. The second-order valence-corrected chi connectivity index (χ2v) is 7.85. The summed E-state index contributed by atoms with van der Waals surface area (Å²) >= 11 is 0. The Morgan fingerprint density at radius 2 is 2.08 bits per heavy atom. The van der Waals surface area contributed by atoms with Crippen LogP contribution < -0.4 is 15.8 Å². The van der Waals surface area contributed by atoms with Gasteiger partial charge in [0.15, 0.2) is 0 Å². The fourth-order valence-electron chi connectivity index (χ4n) is 3.21. The first-order chi connectivity index (χ1) is 12.1. The van der Waals surface area contributed by atoms with Crippen molar-refractivity contribution in [3.05, 3.63) is 22.1 Å². The van der Waals surface area contributed by atoms with E-state index in [1.165, 1.54) is 9.20 Å². The molecule has 0 bridgehead atoms. The predicted octanol–water partition coefficient (Wildman–Crippen LogP) is 0.110. The SMILES string of the molecule is CC(C)c1cc2c(=O)n(CC(=O)N[C@H]3C[C@@](C)(O)C3)nc(N(C)C)n2n1. The Morgan fingerprint density at radius 3 is 2.62 bits per heavy atom. The highest BCUT2D eigenvalue weighted by atomic mass is 16.3. The van der Waals surface area contributed by atoms with Gasteiger partial charge in [-0.05, 0) is 31.7 Å². The molecule has 26 heavy (non-hydrogen) atoms. The van der Waals surface area contributed by atoms with Crippen LogP contribution in [-0.2, 0) is 11.3 Å². The van der Waals surface area contributed by atoms with Crippen molar-refractivity contribution in [2.75, 3.05) is 19.0 Å². The van der Waals surface area contributed by atoms with Gasteiger partial charge in [-0.2, -0.15) is 9.61 Å². The summed E-state index contributed by atoms with van der Waals surface area (Å²) in [6, 6.07) is 1.69. The summed E-state index contributed by atoms with van der Waals surface area (Å²) in [4.78, 5) is 26.8. The second-order valence-electron chi connectivity index (χ2n) is 7.85. The van der Waals surface area contributed by atoms with Gasteiger partial charge in [0.2, 0.25) is 11.9 Å². The van der Waals surface area contributed by atoms with Crippen LogP contribution in [0, 0.1) is 0 Å². The highest BCUT2D eigenvalue weighted by Crippen LogP contribution is 2.31. The summed E-state index contributed by atoms with van der Waals surface area (Å²) in [5.41, 5.74) is 0.123. The lowest BCUT2D eigenvalue weighted by Crippen LogP contribution is -2.54. The number of nitrogens with one attached hydrogen (secondary N) is 1. The molecule has 9 nitrogen and oxygen atoms in total. The van der Waals surface area contributed by atoms with E-state index in [9.17, 15) is 14.7 Å². The van der Waals surface area contributed by atoms with E-state index in [-0.39, 0.29) is 30.0 Å². The molecule has 142 valence electrons. The molecule has 0 aromatic carbocycles. The highest BCUT2D eigenvalue weighted by Gasteiger charge is 2.39. The normalized spacial score (nSPS) is 22.5. The van der Waals surface area contributed by atoms with Crippen LogP contribution in [0.2, 0.25) is 0 Å². The molecule has 0 unspecified atom stereocenters. The van der Waals surface area contributed by atoms with Gasteiger partial charge in [0.25, 0.3) is 5.56 Å². The summed E-state index contributed by atoms with van der Waals surface area (Å²) in [5, 5.41) is 21.4. The Bertz CT molecular complexity index is 888. The molecule has 0 atom stereocenters. The number of hydrogen-bond acceptors (Lipinski definition) is 6. The first kappa shape index (κ1) is 18.4. The lowest BCUT2D eigenvalue weighted by atomic mass is 9.77. The third-order valence-electron chi connectivity index (χ3n) is 4.60. The third-order valence-corrected chi connectivity index (χ3v) is 4.60. The van der Waals surface area contributed by atoms with Crippen molar-refractivity contribution in [3.8, 4) is 0 Å². The average molecular weight is 362 g/mol. The monoisotopic (exact) mass is 362 g/mol. The second kappa shape index (κ2) is 6.39. The fraction of sp³-hybridized carbons (Fsp3) is 0.647. The van der Waals surface area contributed by atoms with E-state index in [1.807, 2.05) is 27.9 Å². The molecule has 0 aliphatic heterocycles. The molecular weight excluding hydrogens is 336 g/mol. The van der Waals surface area contributed by atoms with E-state index in [4.69, 9.17) is 0 Å². The van der Waals surface area contributed by atoms with Gasteiger partial charge in [-0.25, -0.2) is 4.68 Å². The minimum atomic E-state index is -0.713. The van der Waals surface area contributed by atoms with E-state index >= 15 is 0 Å². The standard InChI is InChI=1S/C17H26N6O3/c1-10(2)12-6-13-15(25)22(20-16(21(4)5)23(13)19-12)9-14(24)18-11-7-17(3,26)8-11/h6,10-11,26H,7-9H2,1-5H3,(H,18,24)/t11-,17+. The Labute approximate surface area is 151 Å². The van der Waals surface area contributed by atoms with E-state index < -0.39 is 5.60 Å². The zero-order valence-electron chi connectivity index (χ0n) is 15.9. The summed E-state index contributed by atoms with van der Waals surface area (Å²) < 4.78 is 2.69. The number of hydrogen-bond donors (Lipinski definition) is 2. The molecule has 1 aliphatic rings. The molecule has 2 aromatic heterocycles. The van der Waals surface area contributed by atoms with Gasteiger partial charge >= 0.3 is 0 Å². The molecular formula is C17H26N6O3. The molecule has 1 fully saturated rings. The van der Waals surface area contributed by atoms with Crippen molar-refractivity contribution in [2.45, 2.75) is 57.7 Å². The molecule has 2 aromatic rings. The first-order valence-electron chi connectivity index (χ1n) is 8.77. The van der Waals surface area contributed by atoms with Gasteiger partial charge in [0.05, 0.1) is 11.3 Å². The predicted molar refractivity (Wildman–Crippen MR) is 97.5 cm³/mol. The Kier molecular flexibility index (Phi) is 4.51. The number of rotatable bonds is 5. The minimum absolute atomic E-state index is 0.0623. The lowest BCUT2D eigenvalue weighted by Gasteiger charge is -2.41. The summed E-state index contributed by atoms with van der Waals surface area (Å²) in [7, 11) is 3.62. The van der Waals surface area contributed by atoms with E-state index in [2.05, 4.69) is 15.5 Å². The van der Waals surface area contributed by atoms with Gasteiger partial charge in [-0.3, -0.25) is 9.59 Å². The average Bonchev–Trinajstić information content (AvgIpc) is 2.93. The van der Waals surface area contributed by atoms with Gasteiger partial charge < -0.3 is 15.3 Å². The molecule has 1 aliphatic carbocycles. The number of anilines is 1. The maximum Gasteiger partial charge on any atom is 0.293 e. The van der Waals surface area contributed by atoms with Gasteiger partial charge in [0.1, 0.15) is 12.1 Å². The Morgan fingerprint density at radius 1 is 1.42 bits per heavy atom. The van der Waals surface area contributed by atoms with Gasteiger partial charge in [-0.1, -0.05) is 13.8 Å². The number of aromatic nitrogens is 4. The first-order valence-corrected chi connectivity index (χ1v) is 8.77. The van der Waals surface area contributed by atoms with Gasteiger partial charge in [-0.15, -0.1) is 5.10 Å². The minimum Gasteiger partial charge on any atom is -0.390 e. The molecule has 1 amide bonds. The van der Waals surface area contributed by atoms with Crippen LogP contribution in [0.15, 0.2) is 10.9 Å². The van der Waals surface area contributed by atoms with Crippen molar-refractivity contribution in [1.82, 2.24) is 24.7 Å². The van der Waals surface area contributed by atoms with Crippen LogP contribution in [0.5, 0.6) is 0 Å². The van der Waals surface area contributed by atoms with Gasteiger partial charge in [0, 0.05) is 20.1 Å². The van der Waals surface area contributed by atoms with Crippen LogP contribution in [0.25, 0.3) is 5.52 Å². The molecule has 0 saturated heterocycles. The Hall–Kier alpha value is -2.42. The summed E-state index contributed by atoms with van der Waals surface area (Å²) in [6.45, 7) is 5.58. The van der Waals surface area contributed by atoms with E-state index in [0.29, 0.717) is 24.3 Å². The number of amides is 1. The molecule has 2 heterocycles. The zero-order chi connectivity index (χ0) is 19.2. The molecule has 3 rings (SSSR count). The number of carbonyl (C=O) groups excluding carboxylic acids is 1. The number of fused-ring (bicyclic) bond motifs is 1. The van der Waals surface area contributed by atoms with Crippen molar-refractivity contribution in [3.63, 3.8) is 0 Å². The zero-order valence-corrected chi connectivity index (χ0v) is 15.9. The van der Waals surface area contributed by atoms with Crippen LogP contribution >= 0.6 is 0 Å². The molecule has 0 spiro atoms. The van der Waals surface area contributed by atoms with Crippen molar-refractivity contribution in [1.29, 1.82) is 0 Å². The number of carbonyl (C=O) groups is 1. The maximum atomic E-state index is 12.7. The van der Waals surface area contributed by atoms with Crippen LogP contribution in [-0.4, -0.2) is 56.1 Å². The maximum absolute atomic E-state index is 12.7. The van der Waals surface area contributed by atoms with Crippen molar-refractivity contribution < 1.29 is 9.90 Å². The van der Waals surface area contributed by atoms with E-state index in [1.54, 1.807) is 17.9 Å². The topological polar surface area (TPSA) is 105 Å². The quantitative estimate of drug-likeness (QED) is 0.782. The molecule has 2 N–H and O–H groups in total. The molecule has 0 radical (unpaired) electrons. The summed E-state index contributed by atoms with van der Waals surface area (Å²) in [6.07, 6.45) is 1.03. The third kappa shape index (κ3) is 3.44. The van der Waals surface area contributed by atoms with Crippen LogP contribution in [0.3, 0.4) is 0 Å².